The number of anilines is 1. The molecule has 0 aliphatic carbocycles. The molecule has 0 radical (unpaired) electrons. The summed E-state index contributed by atoms with van der Waals surface area (Å²) < 4.78 is 74.2. The molecule has 0 unspecified atom stereocenters. The standard InChI is InChI=1S/C34H32F4N4O6/c1-2-21-24(36)6-5-18-11-20(43)12-22(26(18)21)27-25(37)13-23-29(28(27)38)39-31(45-17-33-7-3-10-42(33)15-19(35)14-33)40-30(23)41-9-4-8-34(16-41)46-32(44)47-48-34/h5-6,11-13,19,43H,2-4,7-10,14-17H2,1H3/t19-,33+,34+/m1/s1. The van der Waals surface area contributed by atoms with Crippen LogP contribution in [0, 0.1) is 17.5 Å². The third-order valence-corrected chi connectivity index (χ3v) is 10.1. The lowest BCUT2D eigenvalue weighted by Crippen LogP contribution is -2.49. The Hall–Kier alpha value is -4.43. The van der Waals surface area contributed by atoms with Gasteiger partial charge in [0.25, 0.3) is 5.79 Å². The molecule has 3 aromatic carbocycles. The highest BCUT2D eigenvalue weighted by Gasteiger charge is 2.50. The zero-order valence-corrected chi connectivity index (χ0v) is 26.0. The topological polar surface area (TPSA) is 106 Å². The highest BCUT2D eigenvalue weighted by atomic mass is 19.1. The Morgan fingerprint density at radius 1 is 1.08 bits per heavy atom. The smallest absolute Gasteiger partial charge is 0.508 e. The SMILES string of the molecule is CCc1c(F)ccc2cc(O)cc(-c3c(F)cc4c(N5CCC[C@@]6(C5)OOC(=O)O6)nc(OC[C@@]56CCCN5C[C@H](F)C6)nc4c3F)c12. The minimum atomic E-state index is -1.45. The van der Waals surface area contributed by atoms with Crippen molar-refractivity contribution in [1.29, 1.82) is 0 Å². The molecule has 1 N–H and O–H groups in total. The molecule has 4 aromatic rings. The van der Waals surface area contributed by atoms with Crippen molar-refractivity contribution >= 4 is 33.6 Å². The van der Waals surface area contributed by atoms with Crippen LogP contribution in [0.1, 0.15) is 44.6 Å². The highest BCUT2D eigenvalue weighted by molar-refractivity contribution is 6.03. The summed E-state index contributed by atoms with van der Waals surface area (Å²) in [7, 11) is 0. The Labute approximate surface area is 272 Å². The highest BCUT2D eigenvalue weighted by Crippen LogP contribution is 2.44. The molecule has 0 amide bonds. The predicted octanol–water partition coefficient (Wildman–Crippen LogP) is 6.49. The van der Waals surface area contributed by atoms with Gasteiger partial charge in [0.1, 0.15) is 41.5 Å². The molecule has 252 valence electrons. The van der Waals surface area contributed by atoms with Crippen LogP contribution in [-0.2, 0) is 20.9 Å². The molecule has 3 atom stereocenters. The van der Waals surface area contributed by atoms with Gasteiger partial charge in [0.2, 0.25) is 0 Å². The van der Waals surface area contributed by atoms with Crippen LogP contribution in [0.4, 0.5) is 28.2 Å². The van der Waals surface area contributed by atoms with Crippen molar-refractivity contribution in [3.05, 3.63) is 53.3 Å². The summed E-state index contributed by atoms with van der Waals surface area (Å²) in [6, 6.07) is 6.19. The fourth-order valence-corrected chi connectivity index (χ4v) is 8.02. The zero-order valence-electron chi connectivity index (χ0n) is 26.0. The lowest BCUT2D eigenvalue weighted by atomic mass is 9.91. The Balaban J connectivity index is 1.29. The average molecular weight is 669 g/mol. The largest absolute Gasteiger partial charge is 0.543 e. The molecule has 4 saturated heterocycles. The molecule has 8 rings (SSSR count). The molecule has 14 heteroatoms. The van der Waals surface area contributed by atoms with Crippen molar-refractivity contribution in [3.8, 4) is 22.9 Å². The maximum atomic E-state index is 16.9. The fraction of sp³-hybridized carbons (Fsp3) is 0.441. The predicted molar refractivity (Wildman–Crippen MR) is 165 cm³/mol. The van der Waals surface area contributed by atoms with Crippen molar-refractivity contribution in [1.82, 2.24) is 14.9 Å². The first kappa shape index (κ1) is 30.9. The molecule has 0 saturated carbocycles. The average Bonchev–Trinajstić information content (AvgIpc) is 3.71. The van der Waals surface area contributed by atoms with Crippen molar-refractivity contribution in [2.45, 2.75) is 62.9 Å². The third kappa shape index (κ3) is 4.95. The van der Waals surface area contributed by atoms with Crippen LogP contribution in [0.2, 0.25) is 0 Å². The van der Waals surface area contributed by atoms with Crippen LogP contribution in [-0.4, -0.2) is 76.4 Å². The lowest BCUT2D eigenvalue weighted by molar-refractivity contribution is -0.310. The minimum Gasteiger partial charge on any atom is -0.508 e. The van der Waals surface area contributed by atoms with Crippen LogP contribution in [0.15, 0.2) is 30.3 Å². The number of aromatic hydroxyl groups is 1. The quantitative estimate of drug-likeness (QED) is 0.139. The maximum absolute atomic E-state index is 16.9. The van der Waals surface area contributed by atoms with Gasteiger partial charge >= 0.3 is 12.2 Å². The monoisotopic (exact) mass is 668 g/mol. The van der Waals surface area contributed by atoms with Gasteiger partial charge in [0, 0.05) is 31.3 Å². The van der Waals surface area contributed by atoms with Crippen molar-refractivity contribution in [2.75, 3.05) is 37.7 Å². The number of phenolic OH excluding ortho intramolecular Hbond substituents is 1. The van der Waals surface area contributed by atoms with Crippen molar-refractivity contribution in [3.63, 3.8) is 0 Å². The van der Waals surface area contributed by atoms with E-state index in [1.165, 1.54) is 24.3 Å². The molecule has 4 aliphatic rings. The number of rotatable bonds is 6. The Bertz CT molecular complexity index is 1980. The van der Waals surface area contributed by atoms with Crippen molar-refractivity contribution < 1.29 is 46.7 Å². The number of hydrogen-bond donors (Lipinski definition) is 1. The first-order valence-electron chi connectivity index (χ1n) is 16.1. The zero-order chi connectivity index (χ0) is 33.4. The van der Waals surface area contributed by atoms with Crippen molar-refractivity contribution in [2.24, 2.45) is 0 Å². The van der Waals surface area contributed by atoms with Gasteiger partial charge in [-0.2, -0.15) is 9.97 Å². The number of aromatic nitrogens is 2. The van der Waals surface area contributed by atoms with Crippen LogP contribution in [0.5, 0.6) is 11.8 Å². The van der Waals surface area contributed by atoms with Crippen LogP contribution in [0.25, 0.3) is 32.8 Å². The Kier molecular flexibility index (Phi) is 7.29. The Morgan fingerprint density at radius 2 is 1.92 bits per heavy atom. The fourth-order valence-electron chi connectivity index (χ4n) is 8.02. The molecule has 1 aromatic heterocycles. The van der Waals surface area contributed by atoms with Crippen LogP contribution in [0.3, 0.4) is 0 Å². The number of piperidine rings is 1. The summed E-state index contributed by atoms with van der Waals surface area (Å²) in [6.45, 7) is 3.12. The van der Waals surface area contributed by atoms with E-state index in [0.29, 0.717) is 31.3 Å². The summed E-state index contributed by atoms with van der Waals surface area (Å²) >= 11 is 0. The second-order valence-electron chi connectivity index (χ2n) is 13.1. The van der Waals surface area contributed by atoms with Gasteiger partial charge in [-0.1, -0.05) is 13.0 Å². The summed E-state index contributed by atoms with van der Waals surface area (Å²) in [5.74, 6) is -4.21. The first-order chi connectivity index (χ1) is 23.1. The van der Waals surface area contributed by atoms with Gasteiger partial charge in [-0.3, -0.25) is 9.79 Å². The number of aryl methyl sites for hydroxylation is 1. The molecule has 5 heterocycles. The number of alkyl halides is 1. The maximum Gasteiger partial charge on any atom is 0.543 e. The number of carbonyl (C=O) groups is 1. The molecular weight excluding hydrogens is 636 g/mol. The third-order valence-electron chi connectivity index (χ3n) is 10.1. The van der Waals surface area contributed by atoms with Crippen LogP contribution >= 0.6 is 0 Å². The lowest BCUT2D eigenvalue weighted by Gasteiger charge is -2.36. The Morgan fingerprint density at radius 3 is 2.71 bits per heavy atom. The summed E-state index contributed by atoms with van der Waals surface area (Å²) in [6.07, 6.45) is 0.890. The number of fused-ring (bicyclic) bond motifs is 3. The van der Waals surface area contributed by atoms with Gasteiger partial charge in [0.05, 0.1) is 17.6 Å². The normalized spacial score (nSPS) is 25.6. The van der Waals surface area contributed by atoms with E-state index in [4.69, 9.17) is 14.4 Å². The summed E-state index contributed by atoms with van der Waals surface area (Å²) in [5, 5.41) is 11.2. The molecule has 1 spiro atoms. The van der Waals surface area contributed by atoms with E-state index in [-0.39, 0.29) is 71.0 Å². The van der Waals surface area contributed by atoms with E-state index in [2.05, 4.69) is 19.8 Å². The molecule has 0 bridgehead atoms. The summed E-state index contributed by atoms with van der Waals surface area (Å²) in [5.41, 5.74) is -1.14. The number of hydrogen-bond acceptors (Lipinski definition) is 10. The van der Waals surface area contributed by atoms with E-state index in [1.807, 2.05) is 0 Å². The molecule has 10 nitrogen and oxygen atoms in total. The number of benzene rings is 3. The van der Waals surface area contributed by atoms with Gasteiger partial charge in [-0.25, -0.2) is 22.4 Å². The molecule has 4 fully saturated rings. The second kappa shape index (κ2) is 11.3. The molecule has 4 aliphatic heterocycles. The number of carbonyl (C=O) groups excluding carboxylic acids is 1. The van der Waals surface area contributed by atoms with E-state index in [9.17, 15) is 18.7 Å². The minimum absolute atomic E-state index is 0.0000841. The number of ether oxygens (including phenoxy) is 2. The van der Waals surface area contributed by atoms with E-state index in [1.54, 1.807) is 11.8 Å². The van der Waals surface area contributed by atoms with Crippen LogP contribution < -0.4 is 9.64 Å². The molecule has 48 heavy (non-hydrogen) atoms. The van der Waals surface area contributed by atoms with E-state index < -0.39 is 46.7 Å². The van der Waals surface area contributed by atoms with Gasteiger partial charge in [0.15, 0.2) is 5.82 Å². The number of halogens is 4. The van der Waals surface area contributed by atoms with E-state index in [0.717, 1.165) is 25.5 Å². The van der Waals surface area contributed by atoms with Gasteiger partial charge in [-0.05, 0) is 78.4 Å². The molecular formula is C34H32F4N4O6. The van der Waals surface area contributed by atoms with Gasteiger partial charge < -0.3 is 19.5 Å². The van der Waals surface area contributed by atoms with Gasteiger partial charge in [-0.15, -0.1) is 4.89 Å². The number of nitrogens with zero attached hydrogens (tertiary/aromatic N) is 4. The second-order valence-corrected chi connectivity index (χ2v) is 13.1. The number of phenols is 1. The summed E-state index contributed by atoms with van der Waals surface area (Å²) in [4.78, 5) is 34.4. The first-order valence-corrected chi connectivity index (χ1v) is 16.1. The van der Waals surface area contributed by atoms with E-state index >= 15 is 8.78 Å².